The number of rotatable bonds is 14. The summed E-state index contributed by atoms with van der Waals surface area (Å²) in [6, 6.07) is 17.5. The van der Waals surface area contributed by atoms with Gasteiger partial charge in [0.15, 0.2) is 0 Å². The molecule has 220 valence electrons. The molecule has 2 amide bonds. The van der Waals surface area contributed by atoms with Crippen molar-refractivity contribution in [3.05, 3.63) is 89.7 Å². The van der Waals surface area contributed by atoms with Crippen molar-refractivity contribution in [3.63, 3.8) is 0 Å². The Morgan fingerprint density at radius 3 is 2.17 bits per heavy atom. The fraction of sp³-hybridized carbons (Fsp3) is 0.355. The fourth-order valence-electron chi connectivity index (χ4n) is 4.15. The Hall–Kier alpha value is -3.92. The lowest BCUT2D eigenvalue weighted by molar-refractivity contribution is -0.139. The zero-order valence-electron chi connectivity index (χ0n) is 24.0. The molecule has 0 aliphatic rings. The summed E-state index contributed by atoms with van der Waals surface area (Å²) in [4.78, 5) is 28.2. The van der Waals surface area contributed by atoms with Crippen molar-refractivity contribution < 1.29 is 27.1 Å². The van der Waals surface area contributed by atoms with Gasteiger partial charge in [-0.05, 0) is 81.3 Å². The standard InChI is InChI=1S/C31H38FN3O5S/c1-5-7-20-33-31(37)24(4)34(21-25-10-12-26(32)13-11-25)30(36)22-35(27-14-8-23(3)9-15-27)41(38,39)29-18-16-28(17-19-29)40-6-2/h8-19,24H,5-7,20-22H2,1-4H3,(H,33,37). The monoisotopic (exact) mass is 583 g/mol. The van der Waals surface area contributed by atoms with Crippen molar-refractivity contribution >= 4 is 27.5 Å². The summed E-state index contributed by atoms with van der Waals surface area (Å²) in [5.74, 6) is -0.838. The predicted octanol–water partition coefficient (Wildman–Crippen LogP) is 5.06. The van der Waals surface area contributed by atoms with Crippen LogP contribution in [0.3, 0.4) is 0 Å². The van der Waals surface area contributed by atoms with Gasteiger partial charge in [-0.1, -0.05) is 43.2 Å². The van der Waals surface area contributed by atoms with Gasteiger partial charge >= 0.3 is 0 Å². The third-order valence-electron chi connectivity index (χ3n) is 6.59. The number of benzene rings is 3. The van der Waals surface area contributed by atoms with E-state index in [0.717, 1.165) is 22.7 Å². The first kappa shape index (κ1) is 31.6. The molecule has 0 bridgehead atoms. The van der Waals surface area contributed by atoms with Crippen molar-refractivity contribution in [2.45, 2.75) is 58.0 Å². The highest BCUT2D eigenvalue weighted by Gasteiger charge is 2.32. The minimum Gasteiger partial charge on any atom is -0.494 e. The first-order chi connectivity index (χ1) is 19.6. The largest absolute Gasteiger partial charge is 0.494 e. The second-order valence-corrected chi connectivity index (χ2v) is 11.6. The lowest BCUT2D eigenvalue weighted by Gasteiger charge is -2.32. The van der Waals surface area contributed by atoms with Crippen LogP contribution in [0, 0.1) is 12.7 Å². The first-order valence-corrected chi connectivity index (χ1v) is 15.1. The number of aryl methyl sites for hydroxylation is 1. The molecule has 8 nitrogen and oxygen atoms in total. The third-order valence-corrected chi connectivity index (χ3v) is 8.37. The lowest BCUT2D eigenvalue weighted by atomic mass is 10.1. The maximum absolute atomic E-state index is 13.9. The quantitative estimate of drug-likeness (QED) is 0.268. The van der Waals surface area contributed by atoms with E-state index in [0.29, 0.717) is 30.2 Å². The number of ether oxygens (including phenoxy) is 1. The number of unbranched alkanes of at least 4 members (excludes halogenated alkanes) is 1. The van der Waals surface area contributed by atoms with Crippen LogP contribution in [-0.2, 0) is 26.2 Å². The van der Waals surface area contributed by atoms with E-state index in [-0.39, 0.29) is 17.3 Å². The number of amides is 2. The number of anilines is 1. The summed E-state index contributed by atoms with van der Waals surface area (Å²) >= 11 is 0. The average molecular weight is 584 g/mol. The zero-order valence-corrected chi connectivity index (χ0v) is 24.8. The summed E-state index contributed by atoms with van der Waals surface area (Å²) in [6.07, 6.45) is 1.67. The van der Waals surface area contributed by atoms with Gasteiger partial charge in [-0.2, -0.15) is 0 Å². The number of nitrogens with zero attached hydrogens (tertiary/aromatic N) is 2. The number of hydrogen-bond donors (Lipinski definition) is 1. The topological polar surface area (TPSA) is 96.0 Å². The van der Waals surface area contributed by atoms with Crippen LogP contribution in [0.25, 0.3) is 0 Å². The van der Waals surface area contributed by atoms with E-state index in [1.807, 2.05) is 20.8 Å². The third kappa shape index (κ3) is 8.53. The van der Waals surface area contributed by atoms with Crippen LogP contribution in [-0.4, -0.2) is 50.9 Å². The van der Waals surface area contributed by atoms with Gasteiger partial charge in [0.1, 0.15) is 24.2 Å². The molecule has 0 heterocycles. The summed E-state index contributed by atoms with van der Waals surface area (Å²) in [5, 5.41) is 2.84. The predicted molar refractivity (Wildman–Crippen MR) is 158 cm³/mol. The smallest absolute Gasteiger partial charge is 0.264 e. The molecule has 0 aliphatic heterocycles. The second kappa shape index (κ2) is 14.6. The van der Waals surface area contributed by atoms with Crippen LogP contribution in [0.5, 0.6) is 5.75 Å². The zero-order chi connectivity index (χ0) is 30.0. The molecule has 0 spiro atoms. The minimum absolute atomic E-state index is 0.00762. The van der Waals surface area contributed by atoms with Gasteiger partial charge in [-0.25, -0.2) is 12.8 Å². The summed E-state index contributed by atoms with van der Waals surface area (Å²) in [7, 11) is -4.19. The highest BCUT2D eigenvalue weighted by atomic mass is 32.2. The molecule has 0 radical (unpaired) electrons. The molecule has 0 saturated carbocycles. The van der Waals surface area contributed by atoms with Gasteiger partial charge in [0.2, 0.25) is 11.8 Å². The lowest BCUT2D eigenvalue weighted by Crippen LogP contribution is -2.51. The average Bonchev–Trinajstić information content (AvgIpc) is 2.96. The normalized spacial score (nSPS) is 11.9. The van der Waals surface area contributed by atoms with Crippen LogP contribution in [0.15, 0.2) is 77.7 Å². The molecule has 3 aromatic rings. The summed E-state index contributed by atoms with van der Waals surface area (Å²) in [6.45, 7) is 7.65. The maximum Gasteiger partial charge on any atom is 0.264 e. The van der Waals surface area contributed by atoms with Crippen molar-refractivity contribution in [1.82, 2.24) is 10.2 Å². The van der Waals surface area contributed by atoms with Crippen molar-refractivity contribution in [2.24, 2.45) is 0 Å². The number of halogens is 1. The van der Waals surface area contributed by atoms with E-state index in [4.69, 9.17) is 4.74 Å². The van der Waals surface area contributed by atoms with E-state index in [2.05, 4.69) is 5.32 Å². The molecule has 0 aromatic heterocycles. The molecule has 0 saturated heterocycles. The molecule has 1 atom stereocenters. The Balaban J connectivity index is 1.98. The Bertz CT molecular complexity index is 1400. The van der Waals surface area contributed by atoms with Gasteiger partial charge < -0.3 is 15.0 Å². The number of hydrogen-bond acceptors (Lipinski definition) is 5. The molecule has 1 unspecified atom stereocenters. The highest BCUT2D eigenvalue weighted by Crippen LogP contribution is 2.26. The number of carbonyl (C=O) groups excluding carboxylic acids is 2. The number of sulfonamides is 1. The van der Waals surface area contributed by atoms with Gasteiger partial charge in [-0.15, -0.1) is 0 Å². The van der Waals surface area contributed by atoms with Crippen LogP contribution in [0.2, 0.25) is 0 Å². The highest BCUT2D eigenvalue weighted by molar-refractivity contribution is 7.92. The molecular formula is C31H38FN3O5S. The number of carbonyl (C=O) groups is 2. The Morgan fingerprint density at radius 1 is 0.951 bits per heavy atom. The van der Waals surface area contributed by atoms with Crippen molar-refractivity contribution in [3.8, 4) is 5.75 Å². The minimum atomic E-state index is -4.19. The fourth-order valence-corrected chi connectivity index (χ4v) is 5.56. The van der Waals surface area contributed by atoms with Crippen molar-refractivity contribution in [1.29, 1.82) is 0 Å². The maximum atomic E-state index is 13.9. The Labute approximate surface area is 242 Å². The van der Waals surface area contributed by atoms with E-state index in [1.54, 1.807) is 43.3 Å². The van der Waals surface area contributed by atoms with E-state index >= 15 is 0 Å². The molecule has 41 heavy (non-hydrogen) atoms. The van der Waals surface area contributed by atoms with E-state index in [9.17, 15) is 22.4 Å². The van der Waals surface area contributed by atoms with Gasteiger partial charge in [0.05, 0.1) is 17.2 Å². The molecular weight excluding hydrogens is 545 g/mol. The molecule has 3 rings (SSSR count). The van der Waals surface area contributed by atoms with Crippen LogP contribution in [0.1, 0.15) is 44.7 Å². The van der Waals surface area contributed by atoms with Crippen LogP contribution in [0.4, 0.5) is 10.1 Å². The molecule has 3 aromatic carbocycles. The molecule has 1 N–H and O–H groups in total. The summed E-state index contributed by atoms with van der Waals surface area (Å²) < 4.78 is 47.9. The second-order valence-electron chi connectivity index (χ2n) is 9.72. The Morgan fingerprint density at radius 2 is 1.59 bits per heavy atom. The van der Waals surface area contributed by atoms with E-state index < -0.39 is 34.3 Å². The van der Waals surface area contributed by atoms with E-state index in [1.165, 1.54) is 41.3 Å². The summed E-state index contributed by atoms with van der Waals surface area (Å²) in [5.41, 5.74) is 1.83. The molecule has 10 heteroatoms. The molecule has 0 aliphatic carbocycles. The Kier molecular flexibility index (Phi) is 11.3. The SMILES string of the molecule is CCCCNC(=O)C(C)N(Cc1ccc(F)cc1)C(=O)CN(c1ccc(C)cc1)S(=O)(=O)c1ccc(OCC)cc1. The number of nitrogens with one attached hydrogen (secondary N) is 1. The van der Waals surface area contributed by atoms with Crippen LogP contribution >= 0.6 is 0 Å². The van der Waals surface area contributed by atoms with Gasteiger partial charge in [-0.3, -0.25) is 13.9 Å². The van der Waals surface area contributed by atoms with Crippen molar-refractivity contribution in [2.75, 3.05) is 24.0 Å². The van der Waals surface area contributed by atoms with Gasteiger partial charge in [0.25, 0.3) is 10.0 Å². The first-order valence-electron chi connectivity index (χ1n) is 13.7. The molecule has 0 fully saturated rings. The van der Waals surface area contributed by atoms with Gasteiger partial charge in [0, 0.05) is 13.1 Å². The van der Waals surface area contributed by atoms with Crippen LogP contribution < -0.4 is 14.4 Å².